The highest BCUT2D eigenvalue weighted by Crippen LogP contribution is 2.41. The molecule has 2 unspecified atom stereocenters. The van der Waals surface area contributed by atoms with Gasteiger partial charge in [0.15, 0.2) is 0 Å². The van der Waals surface area contributed by atoms with Gasteiger partial charge in [0.25, 0.3) is 12.4 Å². The van der Waals surface area contributed by atoms with Crippen LogP contribution in [0.15, 0.2) is 18.2 Å². The summed E-state index contributed by atoms with van der Waals surface area (Å²) in [6, 6.07) is 6.39. The van der Waals surface area contributed by atoms with E-state index in [9.17, 15) is 9.59 Å². The summed E-state index contributed by atoms with van der Waals surface area (Å²) < 4.78 is 5.07. The predicted octanol–water partition coefficient (Wildman–Crippen LogP) is 1.32. The van der Waals surface area contributed by atoms with Crippen LogP contribution < -0.4 is 15.8 Å². The molecule has 1 aromatic carbocycles. The molecule has 2 fully saturated rings. The van der Waals surface area contributed by atoms with Crippen molar-refractivity contribution >= 4 is 12.4 Å². The number of nitrogens with one attached hydrogen (secondary N) is 1. The van der Waals surface area contributed by atoms with Crippen LogP contribution in [0.2, 0.25) is 0 Å². The molecule has 2 saturated heterocycles. The van der Waals surface area contributed by atoms with Crippen molar-refractivity contribution < 1.29 is 14.3 Å². The molecule has 20 heavy (non-hydrogen) atoms. The van der Waals surface area contributed by atoms with Crippen molar-refractivity contribution in [1.82, 2.24) is 5.32 Å². The van der Waals surface area contributed by atoms with Crippen molar-refractivity contribution in [3.63, 3.8) is 0 Å². The highest BCUT2D eigenvalue weighted by atomic mass is 16.5. The molecule has 2 aliphatic heterocycles. The van der Waals surface area contributed by atoms with Gasteiger partial charge in [0.05, 0.1) is 5.56 Å². The van der Waals surface area contributed by atoms with Gasteiger partial charge in [0.2, 0.25) is 0 Å². The Kier molecular flexibility index (Phi) is 3.44. The number of hydrogen-bond acceptors (Lipinski definition) is 4. The van der Waals surface area contributed by atoms with E-state index in [1.165, 1.54) is 12.8 Å². The zero-order valence-corrected chi connectivity index (χ0v) is 11.2. The van der Waals surface area contributed by atoms with E-state index in [-0.39, 0.29) is 5.56 Å². The quantitative estimate of drug-likeness (QED) is 0.811. The molecule has 0 spiro atoms. The summed E-state index contributed by atoms with van der Waals surface area (Å²) in [6.45, 7) is 0.362. The van der Waals surface area contributed by atoms with Gasteiger partial charge in [0.1, 0.15) is 5.75 Å². The molecule has 0 radical (unpaired) electrons. The normalized spacial score (nSPS) is 28.1. The van der Waals surface area contributed by atoms with E-state index in [4.69, 9.17) is 10.5 Å². The molecule has 0 saturated carbocycles. The van der Waals surface area contributed by atoms with Gasteiger partial charge in [-0.25, -0.2) is 0 Å². The van der Waals surface area contributed by atoms with E-state index < -0.39 is 5.91 Å². The maximum absolute atomic E-state index is 11.5. The lowest BCUT2D eigenvalue weighted by Crippen LogP contribution is -2.37. The van der Waals surface area contributed by atoms with Crippen molar-refractivity contribution in [3.05, 3.63) is 29.3 Å². The lowest BCUT2D eigenvalue weighted by atomic mass is 9.85. The molecule has 1 amide bonds. The van der Waals surface area contributed by atoms with E-state index in [2.05, 4.69) is 5.32 Å². The average Bonchev–Trinajstić information content (AvgIpc) is 2.78. The molecule has 2 heterocycles. The second-order valence-corrected chi connectivity index (χ2v) is 5.61. The zero-order valence-electron chi connectivity index (χ0n) is 11.2. The molecule has 0 aromatic heterocycles. The van der Waals surface area contributed by atoms with Gasteiger partial charge in [-0.05, 0) is 43.2 Å². The number of primary amides is 1. The Morgan fingerprint density at radius 2 is 2.00 bits per heavy atom. The molecular formula is C15H18N2O3. The number of para-hydroxylation sites is 1. The third-order valence-corrected chi connectivity index (χ3v) is 4.39. The first-order valence-electron chi connectivity index (χ1n) is 6.98. The van der Waals surface area contributed by atoms with Crippen molar-refractivity contribution in [2.75, 3.05) is 0 Å². The summed E-state index contributed by atoms with van der Waals surface area (Å²) >= 11 is 0. The summed E-state index contributed by atoms with van der Waals surface area (Å²) in [4.78, 5) is 22.2. The van der Waals surface area contributed by atoms with E-state index in [0.29, 0.717) is 30.2 Å². The van der Waals surface area contributed by atoms with E-state index in [0.717, 1.165) is 18.4 Å². The molecular weight excluding hydrogens is 256 g/mol. The van der Waals surface area contributed by atoms with Crippen molar-refractivity contribution in [2.24, 2.45) is 5.73 Å². The van der Waals surface area contributed by atoms with Gasteiger partial charge < -0.3 is 15.8 Å². The largest absolute Gasteiger partial charge is 0.428 e. The van der Waals surface area contributed by atoms with Gasteiger partial charge in [-0.15, -0.1) is 0 Å². The Hall–Kier alpha value is -1.88. The summed E-state index contributed by atoms with van der Waals surface area (Å²) in [7, 11) is 0. The van der Waals surface area contributed by atoms with Crippen LogP contribution in [0.3, 0.4) is 0 Å². The monoisotopic (exact) mass is 274 g/mol. The van der Waals surface area contributed by atoms with Crippen LogP contribution >= 0.6 is 0 Å². The molecule has 3 rings (SSSR count). The Balaban J connectivity index is 1.97. The number of benzene rings is 1. The van der Waals surface area contributed by atoms with Crippen LogP contribution in [-0.4, -0.2) is 24.5 Å². The molecule has 2 aliphatic rings. The maximum atomic E-state index is 11.5. The summed E-state index contributed by atoms with van der Waals surface area (Å²) in [5, 5.41) is 3.58. The minimum Gasteiger partial charge on any atom is -0.428 e. The molecule has 5 heteroatoms. The van der Waals surface area contributed by atoms with Crippen molar-refractivity contribution in [3.8, 4) is 5.75 Å². The van der Waals surface area contributed by atoms with Gasteiger partial charge >= 0.3 is 0 Å². The van der Waals surface area contributed by atoms with Crippen LogP contribution in [0.5, 0.6) is 5.75 Å². The number of fused-ring (bicyclic) bond motifs is 2. The average molecular weight is 274 g/mol. The standard InChI is InChI=1S/C15H18N2O3/c16-15(19)13-3-1-2-12(14(13)20-8-18)9-6-10-4-5-11(7-9)17-10/h1-3,8-11,17H,4-7H2,(H2,16,19). The lowest BCUT2D eigenvalue weighted by Gasteiger charge is -2.30. The fraction of sp³-hybridized carbons (Fsp3) is 0.467. The fourth-order valence-corrected chi connectivity index (χ4v) is 3.56. The van der Waals surface area contributed by atoms with Crippen LogP contribution in [0.1, 0.15) is 47.5 Å². The Morgan fingerprint density at radius 1 is 1.30 bits per heavy atom. The second-order valence-electron chi connectivity index (χ2n) is 5.61. The number of amides is 1. The van der Waals surface area contributed by atoms with Crippen LogP contribution in [0.4, 0.5) is 0 Å². The minimum atomic E-state index is -0.569. The Morgan fingerprint density at radius 3 is 2.60 bits per heavy atom. The Labute approximate surface area is 117 Å². The van der Waals surface area contributed by atoms with E-state index in [1.54, 1.807) is 12.1 Å². The summed E-state index contributed by atoms with van der Waals surface area (Å²) in [6.07, 6.45) is 4.41. The van der Waals surface area contributed by atoms with Gasteiger partial charge in [-0.1, -0.05) is 12.1 Å². The fourth-order valence-electron chi connectivity index (χ4n) is 3.56. The first-order valence-corrected chi connectivity index (χ1v) is 6.98. The van der Waals surface area contributed by atoms with Gasteiger partial charge in [0, 0.05) is 12.1 Å². The number of rotatable bonds is 4. The maximum Gasteiger partial charge on any atom is 0.298 e. The van der Waals surface area contributed by atoms with Crippen molar-refractivity contribution in [2.45, 2.75) is 43.7 Å². The molecule has 0 aliphatic carbocycles. The number of carbonyl (C=O) groups is 2. The topological polar surface area (TPSA) is 81.4 Å². The minimum absolute atomic E-state index is 0.278. The molecule has 106 valence electrons. The molecule has 1 aromatic rings. The highest BCUT2D eigenvalue weighted by molar-refractivity contribution is 5.96. The number of ether oxygens (including phenoxy) is 1. The summed E-state index contributed by atoms with van der Waals surface area (Å²) in [5.74, 6) is 0.0740. The first-order chi connectivity index (χ1) is 9.69. The number of piperidine rings is 1. The summed E-state index contributed by atoms with van der Waals surface area (Å²) in [5.41, 5.74) is 6.56. The lowest BCUT2D eigenvalue weighted by molar-refractivity contribution is -0.120. The molecule has 2 bridgehead atoms. The Bertz CT molecular complexity index is 532. The van der Waals surface area contributed by atoms with E-state index >= 15 is 0 Å². The first kappa shape index (κ1) is 13.1. The van der Waals surface area contributed by atoms with Crippen LogP contribution in [-0.2, 0) is 4.79 Å². The SMILES string of the molecule is NC(=O)c1cccc(C2CC3CCC(C2)N3)c1OC=O. The smallest absolute Gasteiger partial charge is 0.298 e. The highest BCUT2D eigenvalue weighted by Gasteiger charge is 2.35. The molecule has 5 nitrogen and oxygen atoms in total. The third kappa shape index (κ3) is 2.29. The number of carbonyl (C=O) groups excluding carboxylic acids is 2. The van der Waals surface area contributed by atoms with Crippen LogP contribution in [0, 0.1) is 0 Å². The van der Waals surface area contributed by atoms with Gasteiger partial charge in [-0.3, -0.25) is 9.59 Å². The zero-order chi connectivity index (χ0) is 14.1. The third-order valence-electron chi connectivity index (χ3n) is 4.39. The molecule has 3 N–H and O–H groups in total. The van der Waals surface area contributed by atoms with Gasteiger partial charge in [-0.2, -0.15) is 0 Å². The predicted molar refractivity (Wildman–Crippen MR) is 73.6 cm³/mol. The molecule has 2 atom stereocenters. The second kappa shape index (κ2) is 5.25. The van der Waals surface area contributed by atoms with E-state index in [1.807, 2.05) is 6.07 Å². The number of nitrogens with two attached hydrogens (primary N) is 1. The van der Waals surface area contributed by atoms with Crippen LogP contribution in [0.25, 0.3) is 0 Å². The number of hydrogen-bond donors (Lipinski definition) is 2. The van der Waals surface area contributed by atoms with Crippen molar-refractivity contribution in [1.29, 1.82) is 0 Å².